The van der Waals surface area contributed by atoms with Crippen LogP contribution in [0, 0.1) is 0 Å². The zero-order valence-corrected chi connectivity index (χ0v) is 8.51. The molecule has 0 bridgehead atoms. The molecule has 16 heavy (non-hydrogen) atoms. The van der Waals surface area contributed by atoms with Gasteiger partial charge in [-0.1, -0.05) is 24.8 Å². The minimum absolute atomic E-state index is 0.0848. The number of allylic oxidation sites excluding steroid dienone is 2. The molecule has 1 atom stereocenters. The Hall–Kier alpha value is -2.14. The predicted molar refractivity (Wildman–Crippen MR) is 58.8 cm³/mol. The van der Waals surface area contributed by atoms with Crippen molar-refractivity contribution in [2.24, 2.45) is 5.73 Å². The van der Waals surface area contributed by atoms with E-state index >= 15 is 0 Å². The van der Waals surface area contributed by atoms with Crippen LogP contribution in [0.5, 0.6) is 0 Å². The molecule has 1 unspecified atom stereocenters. The molecule has 0 spiro atoms. The summed E-state index contributed by atoms with van der Waals surface area (Å²) in [6.07, 6.45) is 5.86. The first-order chi connectivity index (χ1) is 7.56. The molecule has 0 fully saturated rings. The van der Waals surface area contributed by atoms with Crippen molar-refractivity contribution in [1.82, 2.24) is 5.32 Å². The fraction of sp³-hybridized carbons (Fsp3) is 0.0909. The normalized spacial score (nSPS) is 21.4. The molecule has 0 saturated carbocycles. The second kappa shape index (κ2) is 5.09. The second-order valence-corrected chi connectivity index (χ2v) is 3.10. The summed E-state index contributed by atoms with van der Waals surface area (Å²) in [5, 5.41) is 12.1. The summed E-state index contributed by atoms with van der Waals surface area (Å²) in [6.45, 7) is 3.28. The molecule has 0 heterocycles. The molecule has 0 saturated heterocycles. The summed E-state index contributed by atoms with van der Waals surface area (Å²) in [6, 6.07) is 0. The van der Waals surface area contributed by atoms with Gasteiger partial charge in [0, 0.05) is 17.3 Å². The Balaban J connectivity index is 2.83. The maximum atomic E-state index is 10.9. The SMILES string of the molecule is C=CC(=O)NC=C1C=CC=C(C(N)=O)C1O. The Kier molecular flexibility index (Phi) is 3.79. The lowest BCUT2D eigenvalue weighted by Crippen LogP contribution is -2.28. The molecule has 5 heteroatoms. The largest absolute Gasteiger partial charge is 0.383 e. The number of rotatable bonds is 3. The Bertz CT molecular complexity index is 419. The summed E-state index contributed by atoms with van der Waals surface area (Å²) in [5.74, 6) is -1.10. The maximum absolute atomic E-state index is 10.9. The summed E-state index contributed by atoms with van der Waals surface area (Å²) >= 11 is 0. The van der Waals surface area contributed by atoms with Crippen LogP contribution in [0.15, 0.2) is 48.2 Å². The third-order valence-electron chi connectivity index (χ3n) is 2.03. The van der Waals surface area contributed by atoms with Crippen LogP contribution in [0.3, 0.4) is 0 Å². The van der Waals surface area contributed by atoms with Gasteiger partial charge in [-0.3, -0.25) is 9.59 Å². The smallest absolute Gasteiger partial charge is 0.247 e. The van der Waals surface area contributed by atoms with Crippen LogP contribution in [-0.2, 0) is 9.59 Å². The monoisotopic (exact) mass is 220 g/mol. The lowest BCUT2D eigenvalue weighted by molar-refractivity contribution is -0.116. The number of primary amides is 1. The lowest BCUT2D eigenvalue weighted by atomic mass is 9.97. The van der Waals surface area contributed by atoms with Gasteiger partial charge in [-0.15, -0.1) is 0 Å². The number of amides is 2. The Morgan fingerprint density at radius 1 is 1.56 bits per heavy atom. The molecule has 0 aromatic rings. The van der Waals surface area contributed by atoms with Crippen LogP contribution in [0.4, 0.5) is 0 Å². The van der Waals surface area contributed by atoms with E-state index in [4.69, 9.17) is 5.73 Å². The van der Waals surface area contributed by atoms with Crippen LogP contribution in [-0.4, -0.2) is 23.0 Å². The third kappa shape index (κ3) is 2.68. The van der Waals surface area contributed by atoms with E-state index in [0.29, 0.717) is 5.57 Å². The van der Waals surface area contributed by atoms with E-state index in [1.165, 1.54) is 12.3 Å². The highest BCUT2D eigenvalue weighted by Crippen LogP contribution is 2.17. The molecule has 0 aromatic carbocycles. The Morgan fingerprint density at radius 2 is 2.25 bits per heavy atom. The minimum Gasteiger partial charge on any atom is -0.383 e. The molecule has 5 nitrogen and oxygen atoms in total. The molecule has 1 aliphatic carbocycles. The average molecular weight is 220 g/mol. The van der Waals surface area contributed by atoms with Crippen molar-refractivity contribution < 1.29 is 14.7 Å². The van der Waals surface area contributed by atoms with Crippen molar-refractivity contribution in [3.63, 3.8) is 0 Å². The first-order valence-electron chi connectivity index (χ1n) is 4.55. The lowest BCUT2D eigenvalue weighted by Gasteiger charge is -2.16. The van der Waals surface area contributed by atoms with E-state index in [-0.39, 0.29) is 5.57 Å². The molecule has 0 aliphatic heterocycles. The van der Waals surface area contributed by atoms with Gasteiger partial charge in [0.2, 0.25) is 11.8 Å². The molecular weight excluding hydrogens is 208 g/mol. The van der Waals surface area contributed by atoms with Crippen LogP contribution in [0.25, 0.3) is 0 Å². The van der Waals surface area contributed by atoms with Crippen molar-refractivity contribution in [3.8, 4) is 0 Å². The van der Waals surface area contributed by atoms with E-state index in [2.05, 4.69) is 11.9 Å². The van der Waals surface area contributed by atoms with Gasteiger partial charge < -0.3 is 16.2 Å². The van der Waals surface area contributed by atoms with Crippen molar-refractivity contribution >= 4 is 11.8 Å². The van der Waals surface area contributed by atoms with E-state index in [9.17, 15) is 14.7 Å². The molecule has 0 radical (unpaired) electrons. The van der Waals surface area contributed by atoms with Gasteiger partial charge in [0.1, 0.15) is 6.10 Å². The van der Waals surface area contributed by atoms with Crippen LogP contribution >= 0.6 is 0 Å². The summed E-state index contributed by atoms with van der Waals surface area (Å²) < 4.78 is 0. The van der Waals surface area contributed by atoms with E-state index in [0.717, 1.165) is 6.08 Å². The number of nitrogens with one attached hydrogen (secondary N) is 1. The number of carbonyl (C=O) groups excluding carboxylic acids is 2. The van der Waals surface area contributed by atoms with Crippen molar-refractivity contribution in [2.75, 3.05) is 0 Å². The van der Waals surface area contributed by atoms with Gasteiger partial charge in [-0.2, -0.15) is 0 Å². The molecule has 84 valence electrons. The number of hydrogen-bond donors (Lipinski definition) is 3. The maximum Gasteiger partial charge on any atom is 0.247 e. The summed E-state index contributed by atoms with van der Waals surface area (Å²) in [5.41, 5.74) is 5.54. The topological polar surface area (TPSA) is 92.4 Å². The van der Waals surface area contributed by atoms with Gasteiger partial charge in [-0.25, -0.2) is 0 Å². The Morgan fingerprint density at radius 3 is 2.81 bits per heavy atom. The number of nitrogens with two attached hydrogens (primary N) is 1. The first-order valence-corrected chi connectivity index (χ1v) is 4.55. The van der Waals surface area contributed by atoms with Crippen LogP contribution in [0.1, 0.15) is 0 Å². The van der Waals surface area contributed by atoms with Crippen molar-refractivity contribution in [3.05, 3.63) is 48.2 Å². The van der Waals surface area contributed by atoms with E-state index in [1.54, 1.807) is 12.2 Å². The van der Waals surface area contributed by atoms with Gasteiger partial charge in [-0.05, 0) is 6.08 Å². The average Bonchev–Trinajstić information content (AvgIpc) is 2.26. The van der Waals surface area contributed by atoms with E-state index in [1.807, 2.05) is 0 Å². The number of aliphatic hydroxyl groups excluding tert-OH is 1. The highest BCUT2D eigenvalue weighted by atomic mass is 16.3. The van der Waals surface area contributed by atoms with Crippen molar-refractivity contribution in [1.29, 1.82) is 0 Å². The fourth-order valence-electron chi connectivity index (χ4n) is 1.18. The van der Waals surface area contributed by atoms with Crippen molar-refractivity contribution in [2.45, 2.75) is 6.10 Å². The third-order valence-corrected chi connectivity index (χ3v) is 2.03. The number of aliphatic hydroxyl groups is 1. The predicted octanol–water partition coefficient (Wildman–Crippen LogP) is -0.485. The first kappa shape index (κ1) is 11.9. The van der Waals surface area contributed by atoms with E-state index < -0.39 is 17.9 Å². The summed E-state index contributed by atoms with van der Waals surface area (Å²) in [7, 11) is 0. The number of carbonyl (C=O) groups is 2. The second-order valence-electron chi connectivity index (χ2n) is 3.10. The van der Waals surface area contributed by atoms with Gasteiger partial charge in [0.15, 0.2) is 0 Å². The zero-order chi connectivity index (χ0) is 12.1. The molecule has 0 aromatic heterocycles. The van der Waals surface area contributed by atoms with Crippen LogP contribution in [0.2, 0.25) is 0 Å². The fourth-order valence-corrected chi connectivity index (χ4v) is 1.18. The molecular formula is C11H12N2O3. The minimum atomic E-state index is -1.12. The zero-order valence-electron chi connectivity index (χ0n) is 8.51. The Labute approximate surface area is 92.6 Å². The molecule has 2 amide bonds. The molecule has 1 rings (SSSR count). The van der Waals surface area contributed by atoms with Gasteiger partial charge in [0.25, 0.3) is 0 Å². The van der Waals surface area contributed by atoms with Gasteiger partial charge >= 0.3 is 0 Å². The molecule has 1 aliphatic rings. The van der Waals surface area contributed by atoms with Crippen LogP contribution < -0.4 is 11.1 Å². The van der Waals surface area contributed by atoms with Gasteiger partial charge in [0.05, 0.1) is 0 Å². The standard InChI is InChI=1S/C11H12N2O3/c1-2-9(14)13-6-7-4-3-5-8(10(7)15)11(12)16/h2-6,10,15H,1H2,(H2,12,16)(H,13,14). The highest BCUT2D eigenvalue weighted by Gasteiger charge is 2.20. The summed E-state index contributed by atoms with van der Waals surface area (Å²) in [4.78, 5) is 21.8. The highest BCUT2D eigenvalue weighted by molar-refractivity contribution is 5.94. The number of hydrogen-bond acceptors (Lipinski definition) is 3. The molecule has 4 N–H and O–H groups in total. The quantitative estimate of drug-likeness (QED) is 0.560.